The van der Waals surface area contributed by atoms with Crippen LogP contribution in [-0.4, -0.2) is 53.1 Å². The molecule has 0 saturated carbocycles. The fourth-order valence-electron chi connectivity index (χ4n) is 3.77. The van der Waals surface area contributed by atoms with Crippen LogP contribution in [0, 0.1) is 5.92 Å². The predicted molar refractivity (Wildman–Crippen MR) is 111 cm³/mol. The molecule has 7 nitrogen and oxygen atoms in total. The van der Waals surface area contributed by atoms with Crippen molar-refractivity contribution >= 4 is 29.4 Å². The van der Waals surface area contributed by atoms with Crippen LogP contribution in [0.2, 0.25) is 5.02 Å². The smallest absolute Gasteiger partial charge is 0.306 e. The first-order valence-corrected chi connectivity index (χ1v) is 10.6. The Morgan fingerprint density at radius 1 is 1.23 bits per heavy atom. The molecule has 0 bridgehead atoms. The number of fused-ring (bicyclic) bond motifs is 1. The van der Waals surface area contributed by atoms with Gasteiger partial charge in [0.1, 0.15) is 6.61 Å². The maximum absolute atomic E-state index is 13.2. The molecule has 0 spiro atoms. The second-order valence-electron chi connectivity index (χ2n) is 7.77. The summed E-state index contributed by atoms with van der Waals surface area (Å²) in [5.74, 6) is -1.26. The van der Waals surface area contributed by atoms with Gasteiger partial charge >= 0.3 is 5.97 Å². The van der Waals surface area contributed by atoms with Crippen molar-refractivity contribution < 1.29 is 24.2 Å². The number of nitrogens with one attached hydrogen (secondary N) is 1. The van der Waals surface area contributed by atoms with Gasteiger partial charge < -0.3 is 20.1 Å². The van der Waals surface area contributed by atoms with Crippen LogP contribution in [-0.2, 0) is 25.7 Å². The molecule has 0 unspecified atom stereocenters. The van der Waals surface area contributed by atoms with Crippen molar-refractivity contribution in [3.63, 3.8) is 0 Å². The number of hydrogen-bond acceptors (Lipinski definition) is 5. The number of cyclic esters (lactones) is 1. The molecule has 3 rings (SSSR count). The molecule has 2 aliphatic rings. The molecule has 2 heterocycles. The van der Waals surface area contributed by atoms with Gasteiger partial charge in [-0.2, -0.15) is 0 Å². The van der Waals surface area contributed by atoms with Gasteiger partial charge in [0.15, 0.2) is 0 Å². The quantitative estimate of drug-likeness (QED) is 0.559. The highest BCUT2D eigenvalue weighted by atomic mass is 35.5. The summed E-state index contributed by atoms with van der Waals surface area (Å²) in [7, 11) is 0. The lowest BCUT2D eigenvalue weighted by Gasteiger charge is -2.28. The van der Waals surface area contributed by atoms with Crippen LogP contribution in [0.15, 0.2) is 36.4 Å². The number of amides is 2. The minimum absolute atomic E-state index is 0.0515. The van der Waals surface area contributed by atoms with E-state index < -0.39 is 12.0 Å². The predicted octanol–water partition coefficient (Wildman–Crippen LogP) is 2.21. The molecule has 1 aromatic rings. The van der Waals surface area contributed by atoms with Gasteiger partial charge in [0, 0.05) is 31.0 Å². The maximum Gasteiger partial charge on any atom is 0.306 e. The third-order valence-corrected chi connectivity index (χ3v) is 5.65. The van der Waals surface area contributed by atoms with Crippen LogP contribution < -0.4 is 5.32 Å². The number of halogens is 1. The number of nitrogens with zero attached hydrogens (tertiary/aromatic N) is 1. The zero-order valence-electron chi connectivity index (χ0n) is 16.8. The highest BCUT2D eigenvalue weighted by molar-refractivity contribution is 6.30. The molecule has 0 aliphatic carbocycles. The van der Waals surface area contributed by atoms with Crippen molar-refractivity contribution in [2.75, 3.05) is 13.2 Å². The third kappa shape index (κ3) is 6.31. The number of carbonyl (C=O) groups excluding carboxylic acids is 3. The van der Waals surface area contributed by atoms with E-state index >= 15 is 0 Å². The summed E-state index contributed by atoms with van der Waals surface area (Å²) in [6, 6.07) is 6.83. The third-order valence-electron chi connectivity index (χ3n) is 5.40. The summed E-state index contributed by atoms with van der Waals surface area (Å²) in [6.07, 6.45) is 4.64. The van der Waals surface area contributed by atoms with Crippen molar-refractivity contribution in [2.45, 2.75) is 50.8 Å². The van der Waals surface area contributed by atoms with E-state index in [2.05, 4.69) is 5.32 Å². The Morgan fingerprint density at radius 2 is 2.00 bits per heavy atom. The van der Waals surface area contributed by atoms with Gasteiger partial charge in [-0.05, 0) is 37.0 Å². The van der Waals surface area contributed by atoms with Crippen molar-refractivity contribution in [2.24, 2.45) is 5.92 Å². The van der Waals surface area contributed by atoms with Gasteiger partial charge in [-0.3, -0.25) is 14.4 Å². The highest BCUT2D eigenvalue weighted by Crippen LogP contribution is 2.24. The largest absolute Gasteiger partial charge is 0.463 e. The Kier molecular flexibility index (Phi) is 7.87. The highest BCUT2D eigenvalue weighted by Gasteiger charge is 2.38. The van der Waals surface area contributed by atoms with E-state index in [0.29, 0.717) is 30.8 Å². The molecule has 1 saturated heterocycles. The summed E-state index contributed by atoms with van der Waals surface area (Å²) in [5, 5.41) is 13.5. The first-order valence-electron chi connectivity index (χ1n) is 10.2. The first-order chi connectivity index (χ1) is 14.4. The lowest BCUT2D eigenvalue weighted by atomic mass is 9.97. The Balaban J connectivity index is 1.65. The number of allylic oxidation sites excluding steroid dienone is 2. The molecule has 2 aliphatic heterocycles. The van der Waals surface area contributed by atoms with E-state index in [1.807, 2.05) is 24.3 Å². The average molecular weight is 435 g/mol. The van der Waals surface area contributed by atoms with Gasteiger partial charge in [-0.15, -0.1) is 0 Å². The molecule has 162 valence electrons. The van der Waals surface area contributed by atoms with Crippen LogP contribution >= 0.6 is 11.6 Å². The normalized spacial score (nSPS) is 26.2. The van der Waals surface area contributed by atoms with Gasteiger partial charge in [-0.1, -0.05) is 35.9 Å². The first kappa shape index (κ1) is 22.3. The zero-order chi connectivity index (χ0) is 21.5. The maximum atomic E-state index is 13.2. The van der Waals surface area contributed by atoms with E-state index in [9.17, 15) is 19.5 Å². The molecule has 8 heteroatoms. The fourth-order valence-corrected chi connectivity index (χ4v) is 3.89. The standard InChI is InChI=1S/C22H27ClN2O5/c23-17-8-6-15(7-9-17)12-24-20(27)10-16-4-2-1-3-5-21(28)30-14-18-11-19(26)13-25(18)22(16)29/h1-2,6-9,16,18-19,26H,3-5,10-14H2,(H,24,27)/b2-1+/t16-,18-,19+/m0/s1. The van der Waals surface area contributed by atoms with E-state index in [-0.39, 0.29) is 49.8 Å². The number of hydrogen-bond donors (Lipinski definition) is 2. The molecule has 30 heavy (non-hydrogen) atoms. The van der Waals surface area contributed by atoms with Gasteiger partial charge in [0.2, 0.25) is 11.8 Å². The number of esters is 1. The van der Waals surface area contributed by atoms with Crippen LogP contribution in [0.25, 0.3) is 0 Å². The average Bonchev–Trinajstić information content (AvgIpc) is 3.10. The number of benzene rings is 1. The number of aliphatic hydroxyl groups excluding tert-OH is 1. The van der Waals surface area contributed by atoms with Gasteiger partial charge in [0.25, 0.3) is 0 Å². The Labute approximate surface area is 181 Å². The summed E-state index contributed by atoms with van der Waals surface area (Å²) in [6.45, 7) is 0.613. The van der Waals surface area contributed by atoms with Crippen LogP contribution in [0.3, 0.4) is 0 Å². The van der Waals surface area contributed by atoms with Gasteiger partial charge in [-0.25, -0.2) is 0 Å². The van der Waals surface area contributed by atoms with E-state index in [1.165, 1.54) is 0 Å². The van der Waals surface area contributed by atoms with Crippen LogP contribution in [0.1, 0.15) is 37.7 Å². The fraction of sp³-hybridized carbons (Fsp3) is 0.500. The van der Waals surface area contributed by atoms with E-state index in [1.54, 1.807) is 17.0 Å². The minimum atomic E-state index is -0.655. The van der Waals surface area contributed by atoms with Crippen molar-refractivity contribution in [1.29, 1.82) is 0 Å². The molecule has 2 N–H and O–H groups in total. The number of carbonyl (C=O) groups is 3. The molecule has 1 fully saturated rings. The molecule has 1 aromatic carbocycles. The van der Waals surface area contributed by atoms with Crippen molar-refractivity contribution in [1.82, 2.24) is 10.2 Å². The Bertz CT molecular complexity index is 795. The van der Waals surface area contributed by atoms with E-state index in [0.717, 1.165) is 5.56 Å². The second kappa shape index (κ2) is 10.6. The topological polar surface area (TPSA) is 95.9 Å². The van der Waals surface area contributed by atoms with E-state index in [4.69, 9.17) is 16.3 Å². The number of rotatable bonds is 4. The molecule has 2 amide bonds. The van der Waals surface area contributed by atoms with Crippen molar-refractivity contribution in [3.05, 3.63) is 47.0 Å². The summed E-state index contributed by atoms with van der Waals surface area (Å²) in [4.78, 5) is 39.0. The lowest BCUT2D eigenvalue weighted by molar-refractivity contribution is -0.148. The lowest BCUT2D eigenvalue weighted by Crippen LogP contribution is -2.43. The monoisotopic (exact) mass is 434 g/mol. The number of aliphatic hydroxyl groups is 1. The van der Waals surface area contributed by atoms with Crippen LogP contribution in [0.5, 0.6) is 0 Å². The van der Waals surface area contributed by atoms with Crippen molar-refractivity contribution in [3.8, 4) is 0 Å². The van der Waals surface area contributed by atoms with Gasteiger partial charge in [0.05, 0.1) is 18.1 Å². The Morgan fingerprint density at radius 3 is 2.77 bits per heavy atom. The van der Waals surface area contributed by atoms with Crippen LogP contribution in [0.4, 0.5) is 0 Å². The Hall–Kier alpha value is -2.38. The SMILES string of the molecule is O=C(C[C@@H]1C/C=C/CCC(=O)OC[C@@H]2C[C@@H](O)CN2C1=O)NCc1ccc(Cl)cc1. The summed E-state index contributed by atoms with van der Waals surface area (Å²) in [5.41, 5.74) is 0.919. The molecule has 0 radical (unpaired) electrons. The minimum Gasteiger partial charge on any atom is -0.463 e. The molecule has 3 atom stereocenters. The molecular weight excluding hydrogens is 408 g/mol. The second-order valence-corrected chi connectivity index (χ2v) is 8.20. The zero-order valence-corrected chi connectivity index (χ0v) is 17.5. The number of ether oxygens (including phenoxy) is 1. The summed E-state index contributed by atoms with van der Waals surface area (Å²) < 4.78 is 5.27. The molecular formula is C22H27ClN2O5. The summed E-state index contributed by atoms with van der Waals surface area (Å²) >= 11 is 5.88. The molecule has 0 aromatic heterocycles.